The summed E-state index contributed by atoms with van der Waals surface area (Å²) >= 11 is 3.59. The van der Waals surface area contributed by atoms with Crippen molar-refractivity contribution >= 4 is 15.9 Å². The summed E-state index contributed by atoms with van der Waals surface area (Å²) in [4.78, 5) is 0. The molecule has 0 radical (unpaired) electrons. The Labute approximate surface area is 137 Å². The van der Waals surface area contributed by atoms with Gasteiger partial charge in [0.05, 0.1) is 7.11 Å². The Morgan fingerprint density at radius 1 is 1.29 bits per heavy atom. The Balaban J connectivity index is 2.11. The van der Waals surface area contributed by atoms with Crippen LogP contribution in [0.3, 0.4) is 0 Å². The number of halogens is 1. The van der Waals surface area contributed by atoms with E-state index in [0.29, 0.717) is 0 Å². The Kier molecular flexibility index (Phi) is 6.56. The van der Waals surface area contributed by atoms with Gasteiger partial charge in [-0.2, -0.15) is 0 Å². The molecule has 3 unspecified atom stereocenters. The summed E-state index contributed by atoms with van der Waals surface area (Å²) in [6.07, 6.45) is 5.20. The average molecular weight is 354 g/mol. The molecule has 1 aliphatic carbocycles. The van der Waals surface area contributed by atoms with E-state index >= 15 is 0 Å². The summed E-state index contributed by atoms with van der Waals surface area (Å²) in [7, 11) is 1.77. The van der Waals surface area contributed by atoms with Gasteiger partial charge in [0.25, 0.3) is 0 Å². The Morgan fingerprint density at radius 3 is 2.81 bits per heavy atom. The van der Waals surface area contributed by atoms with Crippen molar-refractivity contribution in [2.24, 2.45) is 17.8 Å². The Hall–Kier alpha value is -0.540. The van der Waals surface area contributed by atoms with Gasteiger partial charge in [0, 0.05) is 4.47 Å². The smallest absolute Gasteiger partial charge is 0.122 e. The fourth-order valence-electron chi connectivity index (χ4n) is 3.60. The second-order valence-corrected chi connectivity index (χ2v) is 7.32. The average Bonchev–Trinajstić information content (AvgIpc) is 2.47. The highest BCUT2D eigenvalue weighted by Gasteiger charge is 2.29. The second kappa shape index (κ2) is 8.19. The predicted octanol–water partition coefficient (Wildman–Crippen LogP) is 4.66. The molecular formula is C18H28BrNO. The summed E-state index contributed by atoms with van der Waals surface area (Å²) in [5.74, 6) is 3.44. The third-order valence-corrected chi connectivity index (χ3v) is 5.28. The fourth-order valence-corrected chi connectivity index (χ4v) is 4.01. The predicted molar refractivity (Wildman–Crippen MR) is 92.9 cm³/mol. The van der Waals surface area contributed by atoms with Crippen molar-refractivity contribution < 1.29 is 4.74 Å². The first-order valence-electron chi connectivity index (χ1n) is 8.17. The molecular weight excluding hydrogens is 326 g/mol. The van der Waals surface area contributed by atoms with E-state index < -0.39 is 0 Å². The van der Waals surface area contributed by atoms with Crippen LogP contribution in [-0.2, 0) is 6.42 Å². The fraction of sp³-hybridized carbons (Fsp3) is 0.667. The van der Waals surface area contributed by atoms with Gasteiger partial charge in [-0.3, -0.25) is 0 Å². The van der Waals surface area contributed by atoms with Gasteiger partial charge in [-0.1, -0.05) is 36.2 Å². The molecule has 1 fully saturated rings. The van der Waals surface area contributed by atoms with Crippen LogP contribution in [0.5, 0.6) is 5.75 Å². The van der Waals surface area contributed by atoms with Crippen molar-refractivity contribution in [3.63, 3.8) is 0 Å². The van der Waals surface area contributed by atoms with E-state index in [9.17, 15) is 0 Å². The first kappa shape index (κ1) is 16.8. The third-order valence-electron chi connectivity index (χ3n) is 4.78. The van der Waals surface area contributed by atoms with E-state index in [4.69, 9.17) is 4.74 Å². The maximum Gasteiger partial charge on any atom is 0.122 e. The summed E-state index contributed by atoms with van der Waals surface area (Å²) < 4.78 is 6.69. The van der Waals surface area contributed by atoms with E-state index in [1.165, 1.54) is 24.8 Å². The molecule has 0 aromatic heterocycles. The topological polar surface area (TPSA) is 21.3 Å². The molecule has 0 heterocycles. The molecule has 1 aromatic carbocycles. The summed E-state index contributed by atoms with van der Waals surface area (Å²) in [5.41, 5.74) is 1.34. The van der Waals surface area contributed by atoms with Crippen molar-refractivity contribution in [1.29, 1.82) is 0 Å². The van der Waals surface area contributed by atoms with Crippen molar-refractivity contribution in [3.05, 3.63) is 28.2 Å². The summed E-state index contributed by atoms with van der Waals surface area (Å²) in [6, 6.07) is 6.36. The quantitative estimate of drug-likeness (QED) is 0.802. The van der Waals surface area contributed by atoms with Crippen LogP contribution >= 0.6 is 15.9 Å². The van der Waals surface area contributed by atoms with E-state index in [1.54, 1.807) is 7.11 Å². The molecule has 0 aliphatic heterocycles. The number of nitrogens with one attached hydrogen (secondary N) is 1. The zero-order valence-corrected chi connectivity index (χ0v) is 15.1. The minimum absolute atomic E-state index is 0.760. The van der Waals surface area contributed by atoms with Gasteiger partial charge >= 0.3 is 0 Å². The molecule has 2 nitrogen and oxygen atoms in total. The zero-order chi connectivity index (χ0) is 15.2. The zero-order valence-electron chi connectivity index (χ0n) is 13.5. The molecule has 1 aromatic rings. The normalized spacial score (nSPS) is 25.8. The van der Waals surface area contributed by atoms with Crippen LogP contribution in [-0.4, -0.2) is 20.2 Å². The molecule has 3 atom stereocenters. The maximum atomic E-state index is 5.55. The third kappa shape index (κ3) is 4.72. The largest absolute Gasteiger partial charge is 0.496 e. The van der Waals surface area contributed by atoms with Crippen LogP contribution in [0.1, 0.15) is 38.7 Å². The summed E-state index contributed by atoms with van der Waals surface area (Å²) in [5, 5.41) is 3.55. The molecule has 3 heteroatoms. The highest BCUT2D eigenvalue weighted by atomic mass is 79.9. The van der Waals surface area contributed by atoms with Crippen LogP contribution in [0.15, 0.2) is 22.7 Å². The minimum Gasteiger partial charge on any atom is -0.496 e. The number of ether oxygens (including phenoxy) is 1. The lowest BCUT2D eigenvalue weighted by atomic mass is 9.72. The molecule has 0 amide bonds. The van der Waals surface area contributed by atoms with Crippen LogP contribution in [0.2, 0.25) is 0 Å². The Bertz CT molecular complexity index is 447. The van der Waals surface area contributed by atoms with Gasteiger partial charge < -0.3 is 10.1 Å². The van der Waals surface area contributed by atoms with Gasteiger partial charge in [-0.15, -0.1) is 0 Å². The SMILES string of the molecule is CCNCC1CCC(C)CC1Cc1cc(Br)ccc1OC. The van der Waals surface area contributed by atoms with Gasteiger partial charge in [-0.05, 0) is 73.9 Å². The standard InChI is InChI=1S/C18H28BrNO/c1-4-20-12-14-6-5-13(2)9-15(14)10-16-11-17(19)7-8-18(16)21-3/h7-8,11,13-15,20H,4-6,9-10,12H2,1-3H3. The number of rotatable bonds is 6. The first-order valence-corrected chi connectivity index (χ1v) is 8.96. The number of hydrogen-bond donors (Lipinski definition) is 1. The first-order chi connectivity index (χ1) is 10.1. The number of hydrogen-bond acceptors (Lipinski definition) is 2. The molecule has 1 saturated carbocycles. The molecule has 2 rings (SSSR count). The Morgan fingerprint density at radius 2 is 2.10 bits per heavy atom. The van der Waals surface area contributed by atoms with E-state index in [-0.39, 0.29) is 0 Å². The highest BCUT2D eigenvalue weighted by Crippen LogP contribution is 2.37. The minimum atomic E-state index is 0.760. The van der Waals surface area contributed by atoms with Gasteiger partial charge in [0.1, 0.15) is 5.75 Å². The molecule has 1 aliphatic rings. The second-order valence-electron chi connectivity index (χ2n) is 6.41. The van der Waals surface area contributed by atoms with Gasteiger partial charge in [-0.25, -0.2) is 0 Å². The van der Waals surface area contributed by atoms with Crippen LogP contribution < -0.4 is 10.1 Å². The number of methoxy groups -OCH3 is 1. The van der Waals surface area contributed by atoms with Crippen molar-refractivity contribution in [3.8, 4) is 5.75 Å². The van der Waals surface area contributed by atoms with Gasteiger partial charge in [0.15, 0.2) is 0 Å². The van der Waals surface area contributed by atoms with Gasteiger partial charge in [0.2, 0.25) is 0 Å². The van der Waals surface area contributed by atoms with Crippen LogP contribution in [0.25, 0.3) is 0 Å². The summed E-state index contributed by atoms with van der Waals surface area (Å²) in [6.45, 7) is 6.82. The highest BCUT2D eigenvalue weighted by molar-refractivity contribution is 9.10. The molecule has 0 bridgehead atoms. The molecule has 0 spiro atoms. The number of benzene rings is 1. The molecule has 0 saturated heterocycles. The molecule has 21 heavy (non-hydrogen) atoms. The molecule has 118 valence electrons. The van der Waals surface area contributed by atoms with Crippen molar-refractivity contribution in [1.82, 2.24) is 5.32 Å². The lowest BCUT2D eigenvalue weighted by Gasteiger charge is -2.35. The van der Waals surface area contributed by atoms with Crippen LogP contribution in [0.4, 0.5) is 0 Å². The van der Waals surface area contributed by atoms with Crippen LogP contribution in [0, 0.1) is 17.8 Å². The van der Waals surface area contributed by atoms with E-state index in [0.717, 1.165) is 47.5 Å². The van der Waals surface area contributed by atoms with E-state index in [1.807, 2.05) is 0 Å². The monoisotopic (exact) mass is 353 g/mol. The van der Waals surface area contributed by atoms with Crippen molar-refractivity contribution in [2.75, 3.05) is 20.2 Å². The molecule has 1 N–H and O–H groups in total. The van der Waals surface area contributed by atoms with E-state index in [2.05, 4.69) is 53.3 Å². The lowest BCUT2D eigenvalue weighted by molar-refractivity contribution is 0.183. The lowest BCUT2D eigenvalue weighted by Crippen LogP contribution is -2.33. The van der Waals surface area contributed by atoms with Crippen molar-refractivity contribution in [2.45, 2.75) is 39.5 Å². The maximum absolute atomic E-state index is 5.55.